The van der Waals surface area contributed by atoms with E-state index in [1.165, 1.54) is 6.42 Å². The van der Waals surface area contributed by atoms with Crippen molar-refractivity contribution in [2.45, 2.75) is 98.5 Å². The number of aliphatic hydroxyl groups excluding tert-OH is 1. The summed E-state index contributed by atoms with van der Waals surface area (Å²) < 4.78 is 48.7. The Morgan fingerprint density at radius 2 is 1.44 bits per heavy atom. The van der Waals surface area contributed by atoms with Gasteiger partial charge in [0.05, 0.1) is 19.8 Å². The predicted octanol–water partition coefficient (Wildman–Crippen LogP) is 4.60. The highest BCUT2D eigenvalue weighted by atomic mass is 16.7. The average Bonchev–Trinajstić information content (AvgIpc) is 2.97. The minimum absolute atomic E-state index is 0.0305. The lowest BCUT2D eigenvalue weighted by atomic mass is 9.93. The van der Waals surface area contributed by atoms with Gasteiger partial charge in [-0.2, -0.15) is 0 Å². The van der Waals surface area contributed by atoms with Gasteiger partial charge in [0.1, 0.15) is 25.2 Å². The molecule has 0 bridgehead atoms. The Kier molecular flexibility index (Phi) is 19.4. The van der Waals surface area contributed by atoms with Crippen LogP contribution in [-0.2, 0) is 38.0 Å². The monoisotopic (exact) mass is 526 g/mol. The Morgan fingerprint density at radius 3 is 1.86 bits per heavy atom. The molecule has 36 heavy (non-hydrogen) atoms. The summed E-state index contributed by atoms with van der Waals surface area (Å²) in [7, 11) is 0. The first-order valence-electron chi connectivity index (χ1n) is 14.4. The first kappa shape index (κ1) is 30.8. The molecule has 3 heterocycles. The summed E-state index contributed by atoms with van der Waals surface area (Å²) >= 11 is 0. The summed E-state index contributed by atoms with van der Waals surface area (Å²) in [6, 6.07) is 0. The Hall–Kier alpha value is -1.46. The van der Waals surface area contributed by atoms with Crippen molar-refractivity contribution >= 4 is 12.1 Å². The largest absolute Gasteiger partial charge is 0.508 e. The van der Waals surface area contributed by atoms with E-state index in [2.05, 4.69) is 0 Å². The van der Waals surface area contributed by atoms with Gasteiger partial charge in [0.2, 0.25) is 0 Å². The van der Waals surface area contributed by atoms with Gasteiger partial charge in [0.25, 0.3) is 0 Å². The minimum Gasteiger partial charge on any atom is -0.463 e. The van der Waals surface area contributed by atoms with Crippen molar-refractivity contribution < 1.29 is 50.6 Å². The maximum Gasteiger partial charge on any atom is 0.508 e. The fourth-order valence-corrected chi connectivity index (χ4v) is 3.00. The Balaban J connectivity index is 0.000000629. The van der Waals surface area contributed by atoms with Crippen molar-refractivity contribution in [3.63, 3.8) is 0 Å². The third-order valence-corrected chi connectivity index (χ3v) is 4.80. The summed E-state index contributed by atoms with van der Waals surface area (Å²) in [5.41, 5.74) is -0.949. The van der Waals surface area contributed by atoms with Gasteiger partial charge in [-0.05, 0) is 45.4 Å². The molecule has 10 heteroatoms. The number of carbonyl (C=O) groups excluding carboxylic acids is 2. The van der Waals surface area contributed by atoms with E-state index < -0.39 is 17.5 Å². The summed E-state index contributed by atoms with van der Waals surface area (Å²) in [6.07, 6.45) is 7.27. The molecule has 0 aromatic heterocycles. The number of rotatable bonds is 8. The van der Waals surface area contributed by atoms with E-state index in [0.717, 1.165) is 51.6 Å². The summed E-state index contributed by atoms with van der Waals surface area (Å²) in [5.74, 6) is -0.460. The van der Waals surface area contributed by atoms with Gasteiger partial charge < -0.3 is 38.3 Å². The second-order valence-corrected chi connectivity index (χ2v) is 8.58. The van der Waals surface area contributed by atoms with Crippen molar-refractivity contribution in [2.75, 3.05) is 52.9 Å². The van der Waals surface area contributed by atoms with Crippen LogP contribution in [0.25, 0.3) is 0 Å². The van der Waals surface area contributed by atoms with Gasteiger partial charge in [0.15, 0.2) is 12.6 Å². The summed E-state index contributed by atoms with van der Waals surface area (Å²) in [4.78, 5) is 22.7. The zero-order chi connectivity index (χ0) is 28.5. The first-order valence-corrected chi connectivity index (χ1v) is 13.0. The third-order valence-electron chi connectivity index (χ3n) is 4.80. The Morgan fingerprint density at radius 1 is 0.944 bits per heavy atom. The van der Waals surface area contributed by atoms with Crippen LogP contribution in [-0.4, -0.2) is 82.7 Å². The van der Waals surface area contributed by atoms with E-state index in [1.807, 2.05) is 13.8 Å². The molecule has 3 aliphatic heterocycles. The molecule has 214 valence electrons. The van der Waals surface area contributed by atoms with Crippen LogP contribution in [0, 0.1) is 5.41 Å². The molecular formula is C26H50O10. The van der Waals surface area contributed by atoms with Crippen LogP contribution >= 0.6 is 0 Å². The van der Waals surface area contributed by atoms with Crippen LogP contribution in [0.1, 0.15) is 88.7 Å². The topological polar surface area (TPSA) is 119 Å². The molecule has 2 atom stereocenters. The van der Waals surface area contributed by atoms with Crippen LogP contribution in [0.3, 0.4) is 0 Å². The van der Waals surface area contributed by atoms with E-state index in [9.17, 15) is 9.59 Å². The molecule has 0 aromatic carbocycles. The lowest BCUT2D eigenvalue weighted by Crippen LogP contribution is -2.44. The van der Waals surface area contributed by atoms with E-state index >= 15 is 0 Å². The molecule has 0 radical (unpaired) electrons. The fourth-order valence-electron chi connectivity index (χ4n) is 3.00. The third kappa shape index (κ3) is 17.1. The van der Waals surface area contributed by atoms with Crippen molar-refractivity contribution in [3.05, 3.63) is 0 Å². The maximum atomic E-state index is 11.9. The van der Waals surface area contributed by atoms with Gasteiger partial charge in [-0.3, -0.25) is 4.79 Å². The van der Waals surface area contributed by atoms with Crippen LogP contribution in [0.5, 0.6) is 0 Å². The number of ether oxygens (including phenoxy) is 7. The van der Waals surface area contributed by atoms with E-state index in [0.29, 0.717) is 27.0 Å². The molecule has 3 saturated heterocycles. The van der Waals surface area contributed by atoms with Crippen molar-refractivity contribution in [2.24, 2.45) is 5.41 Å². The molecule has 1 N–H and O–H groups in total. The Bertz CT molecular complexity index is 552. The first-order chi connectivity index (χ1) is 18.4. The molecule has 3 aliphatic rings. The molecule has 0 aliphatic carbocycles. The van der Waals surface area contributed by atoms with Crippen LogP contribution < -0.4 is 0 Å². The average molecular weight is 527 g/mol. The molecule has 3 rings (SSSR count). The van der Waals surface area contributed by atoms with Crippen LogP contribution in [0.4, 0.5) is 4.79 Å². The van der Waals surface area contributed by atoms with E-state index in [1.54, 1.807) is 6.92 Å². The number of hydrogen-bond donors (Lipinski definition) is 1. The summed E-state index contributed by atoms with van der Waals surface area (Å²) in [5, 5.41) is 8.42. The van der Waals surface area contributed by atoms with Crippen molar-refractivity contribution in [1.29, 1.82) is 0 Å². The maximum absolute atomic E-state index is 11.9. The van der Waals surface area contributed by atoms with Crippen LogP contribution in [0.15, 0.2) is 0 Å². The van der Waals surface area contributed by atoms with E-state index in [-0.39, 0.29) is 45.6 Å². The van der Waals surface area contributed by atoms with Gasteiger partial charge in [-0.15, -0.1) is 0 Å². The molecule has 2 unspecified atom stereocenters. The smallest absolute Gasteiger partial charge is 0.463 e. The standard InChI is InChI=1S/C13H20O7.C7H14O3.2C3H8/c1-13(8-19-12(15)20-9-13)11(14)18-7-6-17-10-4-2-3-5-16-10;8-4-6-10-7-3-1-2-5-9-7;2*1-3-2/h10H,2-9H2,1H3;7-8H,1-6H2;2*3H2,1-2H3/i;;2*1T. The Labute approximate surface area is 220 Å². The molecule has 0 aromatic rings. The fraction of sp³-hybridized carbons (Fsp3) is 0.923. The van der Waals surface area contributed by atoms with Gasteiger partial charge in [-0.25, -0.2) is 4.79 Å². The zero-order valence-electron chi connectivity index (χ0n) is 24.5. The summed E-state index contributed by atoms with van der Waals surface area (Å²) in [6.45, 7) is 9.11. The second kappa shape index (κ2) is 22.7. The predicted molar refractivity (Wildman–Crippen MR) is 134 cm³/mol. The molecule has 10 nitrogen and oxygen atoms in total. The highest BCUT2D eigenvalue weighted by Gasteiger charge is 2.41. The minimum atomic E-state index is -0.949. The molecular weight excluding hydrogens is 472 g/mol. The lowest BCUT2D eigenvalue weighted by Gasteiger charge is -2.29. The second-order valence-electron chi connectivity index (χ2n) is 8.58. The van der Waals surface area contributed by atoms with Crippen LogP contribution in [0.2, 0.25) is 0 Å². The molecule has 3 fully saturated rings. The van der Waals surface area contributed by atoms with Gasteiger partial charge >= 0.3 is 12.1 Å². The molecule has 0 amide bonds. The number of cyclic esters (lactones) is 2. The number of aliphatic hydroxyl groups is 1. The van der Waals surface area contributed by atoms with Gasteiger partial charge in [-0.1, -0.05) is 40.5 Å². The zero-order valence-corrected chi connectivity index (χ0v) is 22.5. The number of hydrogen-bond acceptors (Lipinski definition) is 10. The molecule has 0 saturated carbocycles. The normalized spacial score (nSPS) is 23.3. The van der Waals surface area contributed by atoms with Crippen molar-refractivity contribution in [1.82, 2.24) is 0 Å². The number of carbonyl (C=O) groups is 2. The van der Waals surface area contributed by atoms with Crippen molar-refractivity contribution in [3.8, 4) is 0 Å². The lowest BCUT2D eigenvalue weighted by molar-refractivity contribution is -0.182. The van der Waals surface area contributed by atoms with Gasteiger partial charge in [0, 0.05) is 16.0 Å². The quantitative estimate of drug-likeness (QED) is 0.355. The number of esters is 1. The highest BCUT2D eigenvalue weighted by Crippen LogP contribution is 2.24. The highest BCUT2D eigenvalue weighted by molar-refractivity contribution is 5.78. The SMILES string of the molecule is CC1(C(=O)OCCOC2CCCCO2)COC(=O)OC1.OCCOC1CCCCO1.[3H]CCC.[3H]CCC. The van der Waals surface area contributed by atoms with E-state index in [4.69, 9.17) is 41.0 Å². The molecule has 0 spiro atoms.